The van der Waals surface area contributed by atoms with Gasteiger partial charge in [-0.2, -0.15) is 10.0 Å². The van der Waals surface area contributed by atoms with Crippen LogP contribution in [0, 0.1) is 0 Å². The van der Waals surface area contributed by atoms with Crippen molar-refractivity contribution in [1.29, 1.82) is 0 Å². The molecule has 0 atom stereocenters. The van der Waals surface area contributed by atoms with E-state index in [0.717, 1.165) is 32.7 Å². The number of nitrogens with zero attached hydrogens (tertiary/aromatic N) is 4. The third-order valence-corrected chi connectivity index (χ3v) is 4.99. The standard InChI is InChI=1S/C20H44N4O/c1-8-12-15-21(11-4)18-20(6,7)25-24-22(16-13-9-2)19(5)23(24)17-14-10-3/h19H,8-18H2,1-7H3. The van der Waals surface area contributed by atoms with Crippen LogP contribution in [0.15, 0.2) is 0 Å². The van der Waals surface area contributed by atoms with Crippen LogP contribution >= 0.6 is 0 Å². The lowest BCUT2D eigenvalue weighted by Crippen LogP contribution is -2.74. The van der Waals surface area contributed by atoms with Crippen LogP contribution in [0.4, 0.5) is 0 Å². The molecule has 1 rings (SSSR count). The van der Waals surface area contributed by atoms with Crippen molar-refractivity contribution in [3.63, 3.8) is 0 Å². The number of likely N-dealkylation sites (N-methyl/N-ethyl adjacent to an activating group) is 1. The second-order valence-corrected chi connectivity index (χ2v) is 7.99. The van der Waals surface area contributed by atoms with Crippen LogP contribution in [0.25, 0.3) is 0 Å². The van der Waals surface area contributed by atoms with Crippen molar-refractivity contribution in [3.8, 4) is 0 Å². The lowest BCUT2D eigenvalue weighted by molar-refractivity contribution is -0.522. The van der Waals surface area contributed by atoms with Crippen molar-refractivity contribution in [2.45, 2.75) is 98.8 Å². The Kier molecular flexibility index (Phi) is 10.5. The SMILES string of the molecule is CCCCN(CC)CC(C)(C)ON1N(CCCC)C(C)N1CCCC. The first-order chi connectivity index (χ1) is 11.9. The lowest BCUT2D eigenvalue weighted by atomic mass is 10.1. The Morgan fingerprint density at radius 2 is 1.40 bits per heavy atom. The first kappa shape index (κ1) is 22.8. The Bertz CT molecular complexity index is 335. The molecule has 0 amide bonds. The van der Waals surface area contributed by atoms with Gasteiger partial charge in [-0.1, -0.05) is 47.0 Å². The van der Waals surface area contributed by atoms with Crippen LogP contribution in [0.5, 0.6) is 0 Å². The topological polar surface area (TPSA) is 22.2 Å². The van der Waals surface area contributed by atoms with Gasteiger partial charge in [0.05, 0.1) is 6.17 Å². The van der Waals surface area contributed by atoms with Gasteiger partial charge in [0.1, 0.15) is 5.60 Å². The van der Waals surface area contributed by atoms with Gasteiger partial charge in [-0.15, -0.1) is 0 Å². The van der Waals surface area contributed by atoms with Gasteiger partial charge < -0.3 is 4.90 Å². The summed E-state index contributed by atoms with van der Waals surface area (Å²) in [5.41, 5.74) is -0.196. The fourth-order valence-electron chi connectivity index (χ4n) is 3.35. The summed E-state index contributed by atoms with van der Waals surface area (Å²) in [6.07, 6.45) is 7.81. The first-order valence-corrected chi connectivity index (χ1v) is 10.6. The third kappa shape index (κ3) is 7.14. The summed E-state index contributed by atoms with van der Waals surface area (Å²) in [4.78, 5) is 9.03. The van der Waals surface area contributed by atoms with Crippen LogP contribution in [-0.4, -0.2) is 64.7 Å². The molecule has 25 heavy (non-hydrogen) atoms. The molecule has 150 valence electrons. The Morgan fingerprint density at radius 3 is 1.84 bits per heavy atom. The molecule has 0 unspecified atom stereocenters. The highest BCUT2D eigenvalue weighted by Gasteiger charge is 2.44. The largest absolute Gasteiger partial charge is 0.301 e. The van der Waals surface area contributed by atoms with Gasteiger partial charge in [-0.25, -0.2) is 0 Å². The summed E-state index contributed by atoms with van der Waals surface area (Å²) in [5.74, 6) is 0. The highest BCUT2D eigenvalue weighted by molar-refractivity contribution is 4.77. The van der Waals surface area contributed by atoms with E-state index in [9.17, 15) is 0 Å². The van der Waals surface area contributed by atoms with Gasteiger partial charge in [0.2, 0.25) is 0 Å². The molecule has 1 aliphatic heterocycles. The average molecular weight is 357 g/mol. The van der Waals surface area contributed by atoms with E-state index in [2.05, 4.69) is 68.7 Å². The summed E-state index contributed by atoms with van der Waals surface area (Å²) < 4.78 is 0. The van der Waals surface area contributed by atoms with Crippen LogP contribution in [-0.2, 0) is 4.84 Å². The van der Waals surface area contributed by atoms with Gasteiger partial charge in [0.15, 0.2) is 0 Å². The van der Waals surface area contributed by atoms with Crippen molar-refractivity contribution in [3.05, 3.63) is 0 Å². The lowest BCUT2D eigenvalue weighted by Gasteiger charge is -2.58. The van der Waals surface area contributed by atoms with E-state index >= 15 is 0 Å². The molecule has 0 bridgehead atoms. The second-order valence-electron chi connectivity index (χ2n) is 7.99. The zero-order valence-corrected chi connectivity index (χ0v) is 18.1. The van der Waals surface area contributed by atoms with Crippen molar-refractivity contribution in [1.82, 2.24) is 20.2 Å². The van der Waals surface area contributed by atoms with Crippen molar-refractivity contribution in [2.75, 3.05) is 32.7 Å². The van der Waals surface area contributed by atoms with Gasteiger partial charge in [-0.05, 0) is 58.4 Å². The number of unbranched alkanes of at least 4 members (excludes halogenated alkanes) is 3. The highest BCUT2D eigenvalue weighted by atomic mass is 16.8. The van der Waals surface area contributed by atoms with Gasteiger partial charge in [0.25, 0.3) is 0 Å². The van der Waals surface area contributed by atoms with Crippen LogP contribution in [0.2, 0.25) is 0 Å². The van der Waals surface area contributed by atoms with E-state index in [0.29, 0.717) is 6.17 Å². The molecule has 0 aromatic heterocycles. The fraction of sp³-hybridized carbons (Fsp3) is 1.00. The van der Waals surface area contributed by atoms with Crippen LogP contribution < -0.4 is 0 Å². The van der Waals surface area contributed by atoms with Crippen molar-refractivity contribution < 1.29 is 4.84 Å². The number of hydrazine groups is 2. The van der Waals surface area contributed by atoms with Crippen molar-refractivity contribution >= 4 is 0 Å². The number of hydrogen-bond donors (Lipinski definition) is 0. The zero-order chi connectivity index (χ0) is 18.9. The normalized spacial score (nSPS) is 18.2. The predicted molar refractivity (Wildman–Crippen MR) is 107 cm³/mol. The molecule has 1 heterocycles. The minimum atomic E-state index is -0.196. The maximum atomic E-state index is 6.52. The molecular formula is C20H44N4O. The summed E-state index contributed by atoms with van der Waals surface area (Å²) in [6.45, 7) is 21.1. The van der Waals surface area contributed by atoms with E-state index in [1.165, 1.54) is 38.5 Å². The van der Waals surface area contributed by atoms with E-state index in [-0.39, 0.29) is 5.60 Å². The molecule has 0 aromatic rings. The summed E-state index contributed by atoms with van der Waals surface area (Å²) >= 11 is 0. The molecule has 1 saturated heterocycles. The monoisotopic (exact) mass is 356 g/mol. The fourth-order valence-corrected chi connectivity index (χ4v) is 3.35. The van der Waals surface area contributed by atoms with E-state index in [1.54, 1.807) is 0 Å². The minimum absolute atomic E-state index is 0.196. The van der Waals surface area contributed by atoms with Gasteiger partial charge >= 0.3 is 0 Å². The highest BCUT2D eigenvalue weighted by Crippen LogP contribution is 2.30. The molecule has 0 aliphatic carbocycles. The molecule has 0 spiro atoms. The Hall–Kier alpha value is -0.200. The van der Waals surface area contributed by atoms with E-state index in [1.807, 2.05) is 0 Å². The molecular weight excluding hydrogens is 312 g/mol. The summed E-state index contributed by atoms with van der Waals surface area (Å²) in [5, 5.41) is 6.83. The smallest absolute Gasteiger partial charge is 0.100 e. The number of hydrogen-bond acceptors (Lipinski definition) is 5. The minimum Gasteiger partial charge on any atom is -0.301 e. The Labute approximate surface area is 157 Å². The van der Waals surface area contributed by atoms with Crippen molar-refractivity contribution in [2.24, 2.45) is 0 Å². The van der Waals surface area contributed by atoms with Gasteiger partial charge in [-0.3, -0.25) is 4.84 Å². The maximum Gasteiger partial charge on any atom is 0.100 e. The average Bonchev–Trinajstić information content (AvgIpc) is 2.58. The maximum absolute atomic E-state index is 6.52. The summed E-state index contributed by atoms with van der Waals surface area (Å²) in [6, 6.07) is 0. The zero-order valence-electron chi connectivity index (χ0n) is 18.1. The predicted octanol–water partition coefficient (Wildman–Crippen LogP) is 4.51. The van der Waals surface area contributed by atoms with Gasteiger partial charge in [0, 0.05) is 19.6 Å². The molecule has 5 heteroatoms. The first-order valence-electron chi connectivity index (χ1n) is 10.6. The third-order valence-electron chi connectivity index (χ3n) is 4.99. The van der Waals surface area contributed by atoms with E-state index < -0.39 is 0 Å². The quantitative estimate of drug-likeness (QED) is 0.455. The molecule has 5 nitrogen and oxygen atoms in total. The summed E-state index contributed by atoms with van der Waals surface area (Å²) in [7, 11) is 0. The molecule has 1 fully saturated rings. The second kappa shape index (κ2) is 11.5. The van der Waals surface area contributed by atoms with Crippen LogP contribution in [0.3, 0.4) is 0 Å². The molecule has 0 radical (unpaired) electrons. The molecule has 0 N–H and O–H groups in total. The molecule has 1 aliphatic rings. The Balaban J connectivity index is 2.67. The van der Waals surface area contributed by atoms with Crippen LogP contribution in [0.1, 0.15) is 87.0 Å². The Morgan fingerprint density at radius 1 is 0.880 bits per heavy atom. The number of rotatable bonds is 14. The van der Waals surface area contributed by atoms with E-state index in [4.69, 9.17) is 4.84 Å². The molecule has 0 saturated carbocycles. The molecule has 0 aromatic carbocycles.